The summed E-state index contributed by atoms with van der Waals surface area (Å²) >= 11 is 0. The van der Waals surface area contributed by atoms with E-state index < -0.39 is 5.41 Å². The van der Waals surface area contributed by atoms with Gasteiger partial charge >= 0.3 is 0 Å². The maximum absolute atomic E-state index is 12.5. The van der Waals surface area contributed by atoms with Crippen LogP contribution >= 0.6 is 0 Å². The van der Waals surface area contributed by atoms with E-state index in [1.54, 1.807) is 0 Å². The molecule has 2 aromatic carbocycles. The predicted octanol–water partition coefficient (Wildman–Crippen LogP) is 3.39. The van der Waals surface area contributed by atoms with Crippen molar-refractivity contribution in [3.8, 4) is 0 Å². The standard InChI is InChI=1S/C19H18O2/c20-17-11-12-18(21)19(17,13-15-7-3-1-4-8-15)14-16-9-5-2-6-10-16/h1-10H,11-14H2. The monoisotopic (exact) mass is 278 g/mol. The first-order chi connectivity index (χ1) is 10.2. The third-order valence-electron chi connectivity index (χ3n) is 4.34. The van der Waals surface area contributed by atoms with Crippen LogP contribution < -0.4 is 0 Å². The van der Waals surface area contributed by atoms with Crippen LogP contribution in [0.5, 0.6) is 0 Å². The fourth-order valence-corrected chi connectivity index (χ4v) is 3.21. The quantitative estimate of drug-likeness (QED) is 0.803. The van der Waals surface area contributed by atoms with Crippen molar-refractivity contribution in [1.29, 1.82) is 0 Å². The Morgan fingerprint density at radius 2 is 1.05 bits per heavy atom. The summed E-state index contributed by atoms with van der Waals surface area (Å²) in [5.41, 5.74) is 1.25. The summed E-state index contributed by atoms with van der Waals surface area (Å²) in [5.74, 6) is 0.195. The number of hydrogen-bond donors (Lipinski definition) is 0. The smallest absolute Gasteiger partial charge is 0.147 e. The predicted molar refractivity (Wildman–Crippen MR) is 82.0 cm³/mol. The Hall–Kier alpha value is -2.22. The lowest BCUT2D eigenvalue weighted by Gasteiger charge is -2.26. The van der Waals surface area contributed by atoms with E-state index in [-0.39, 0.29) is 11.6 Å². The summed E-state index contributed by atoms with van der Waals surface area (Å²) < 4.78 is 0. The molecule has 2 aromatic rings. The number of hydrogen-bond acceptors (Lipinski definition) is 2. The van der Waals surface area contributed by atoms with Gasteiger partial charge < -0.3 is 0 Å². The molecule has 0 amide bonds. The third kappa shape index (κ3) is 2.66. The van der Waals surface area contributed by atoms with Crippen LogP contribution in [-0.4, -0.2) is 11.6 Å². The summed E-state index contributed by atoms with van der Waals surface area (Å²) in [6, 6.07) is 19.7. The maximum atomic E-state index is 12.5. The van der Waals surface area contributed by atoms with Crippen molar-refractivity contribution < 1.29 is 9.59 Å². The largest absolute Gasteiger partial charge is 0.299 e. The van der Waals surface area contributed by atoms with Crippen LogP contribution in [0.1, 0.15) is 24.0 Å². The molecule has 0 atom stereocenters. The van der Waals surface area contributed by atoms with Crippen LogP contribution in [0.4, 0.5) is 0 Å². The van der Waals surface area contributed by atoms with Crippen LogP contribution in [0.2, 0.25) is 0 Å². The lowest BCUT2D eigenvalue weighted by Crippen LogP contribution is -2.37. The summed E-state index contributed by atoms with van der Waals surface area (Å²) in [4.78, 5) is 25.0. The van der Waals surface area contributed by atoms with Gasteiger partial charge in [-0.3, -0.25) is 9.59 Å². The average molecular weight is 278 g/mol. The van der Waals surface area contributed by atoms with Gasteiger partial charge in [-0.05, 0) is 24.0 Å². The molecule has 0 aliphatic heterocycles. The van der Waals surface area contributed by atoms with E-state index >= 15 is 0 Å². The van der Waals surface area contributed by atoms with Crippen molar-refractivity contribution in [2.45, 2.75) is 25.7 Å². The van der Waals surface area contributed by atoms with E-state index in [1.807, 2.05) is 60.7 Å². The van der Waals surface area contributed by atoms with Gasteiger partial charge in [0.15, 0.2) is 0 Å². The van der Waals surface area contributed by atoms with Gasteiger partial charge in [0.1, 0.15) is 11.6 Å². The molecule has 1 saturated carbocycles. The number of benzene rings is 2. The second kappa shape index (κ2) is 5.65. The zero-order valence-electron chi connectivity index (χ0n) is 11.9. The number of carbonyl (C=O) groups is 2. The van der Waals surface area contributed by atoms with Crippen molar-refractivity contribution in [3.63, 3.8) is 0 Å². The molecule has 0 aromatic heterocycles. The van der Waals surface area contributed by atoms with Gasteiger partial charge in [-0.2, -0.15) is 0 Å². The molecule has 0 heterocycles. The molecule has 21 heavy (non-hydrogen) atoms. The summed E-state index contributed by atoms with van der Waals surface area (Å²) in [7, 11) is 0. The van der Waals surface area contributed by atoms with Gasteiger partial charge in [-0.1, -0.05) is 60.7 Å². The molecular formula is C19H18O2. The molecule has 106 valence electrons. The maximum Gasteiger partial charge on any atom is 0.147 e. The minimum absolute atomic E-state index is 0.0974. The fraction of sp³-hybridized carbons (Fsp3) is 0.263. The summed E-state index contributed by atoms with van der Waals surface area (Å²) in [6.07, 6.45) is 1.80. The topological polar surface area (TPSA) is 34.1 Å². The van der Waals surface area contributed by atoms with E-state index in [2.05, 4.69) is 0 Å². The van der Waals surface area contributed by atoms with Gasteiger partial charge in [-0.25, -0.2) is 0 Å². The van der Waals surface area contributed by atoms with Crippen molar-refractivity contribution in [2.75, 3.05) is 0 Å². The van der Waals surface area contributed by atoms with E-state index in [0.717, 1.165) is 11.1 Å². The van der Waals surface area contributed by atoms with Gasteiger partial charge in [0.25, 0.3) is 0 Å². The molecule has 0 bridgehead atoms. The molecule has 0 radical (unpaired) electrons. The molecule has 1 fully saturated rings. The highest BCUT2D eigenvalue weighted by Crippen LogP contribution is 2.38. The average Bonchev–Trinajstić information content (AvgIpc) is 2.78. The van der Waals surface area contributed by atoms with Crippen LogP contribution in [0.25, 0.3) is 0 Å². The molecule has 0 saturated heterocycles. The number of carbonyl (C=O) groups excluding carboxylic acids is 2. The van der Waals surface area contributed by atoms with Crippen LogP contribution in [-0.2, 0) is 22.4 Å². The Bertz CT molecular complexity index is 584. The lowest BCUT2D eigenvalue weighted by molar-refractivity contribution is -0.134. The molecule has 0 unspecified atom stereocenters. The molecule has 0 N–H and O–H groups in total. The number of rotatable bonds is 4. The molecule has 1 aliphatic carbocycles. The summed E-state index contributed by atoms with van der Waals surface area (Å²) in [5, 5.41) is 0. The second-order valence-corrected chi connectivity index (χ2v) is 5.75. The van der Waals surface area contributed by atoms with Gasteiger partial charge in [0, 0.05) is 12.8 Å². The molecule has 3 rings (SSSR count). The van der Waals surface area contributed by atoms with Crippen molar-refractivity contribution >= 4 is 11.6 Å². The normalized spacial score (nSPS) is 17.1. The molecule has 2 heteroatoms. The van der Waals surface area contributed by atoms with Gasteiger partial charge in [-0.15, -0.1) is 0 Å². The third-order valence-corrected chi connectivity index (χ3v) is 4.34. The fourth-order valence-electron chi connectivity index (χ4n) is 3.21. The molecule has 0 spiro atoms. The first kappa shape index (κ1) is 13.7. The Kier molecular flexibility index (Phi) is 3.70. The van der Waals surface area contributed by atoms with Crippen molar-refractivity contribution in [3.05, 3.63) is 71.8 Å². The Morgan fingerprint density at radius 3 is 1.43 bits per heavy atom. The van der Waals surface area contributed by atoms with E-state index in [9.17, 15) is 9.59 Å². The first-order valence-corrected chi connectivity index (χ1v) is 7.35. The first-order valence-electron chi connectivity index (χ1n) is 7.35. The van der Waals surface area contributed by atoms with Gasteiger partial charge in [0.05, 0.1) is 5.41 Å². The second-order valence-electron chi connectivity index (χ2n) is 5.75. The summed E-state index contributed by atoms with van der Waals surface area (Å²) in [6.45, 7) is 0. The SMILES string of the molecule is O=C1CCC(=O)C1(Cc1ccccc1)Cc1ccccc1. The van der Waals surface area contributed by atoms with Crippen molar-refractivity contribution in [1.82, 2.24) is 0 Å². The van der Waals surface area contributed by atoms with E-state index in [4.69, 9.17) is 0 Å². The molecular weight excluding hydrogens is 260 g/mol. The van der Waals surface area contributed by atoms with E-state index in [1.165, 1.54) is 0 Å². The zero-order chi connectivity index (χ0) is 14.7. The zero-order valence-corrected chi connectivity index (χ0v) is 11.9. The van der Waals surface area contributed by atoms with Crippen LogP contribution in [0, 0.1) is 5.41 Å². The number of Topliss-reactive ketones (excluding diaryl/α,β-unsaturated/α-hetero) is 2. The van der Waals surface area contributed by atoms with Gasteiger partial charge in [0.2, 0.25) is 0 Å². The highest BCUT2D eigenvalue weighted by Gasteiger charge is 2.48. The van der Waals surface area contributed by atoms with Crippen LogP contribution in [0.3, 0.4) is 0 Å². The molecule has 2 nitrogen and oxygen atoms in total. The minimum Gasteiger partial charge on any atom is -0.299 e. The van der Waals surface area contributed by atoms with Crippen LogP contribution in [0.15, 0.2) is 60.7 Å². The Labute approximate surface area is 124 Å². The Balaban J connectivity index is 1.96. The van der Waals surface area contributed by atoms with Crippen molar-refractivity contribution in [2.24, 2.45) is 5.41 Å². The Morgan fingerprint density at radius 1 is 0.667 bits per heavy atom. The lowest BCUT2D eigenvalue weighted by atomic mass is 9.74. The van der Waals surface area contributed by atoms with E-state index in [0.29, 0.717) is 25.7 Å². The molecule has 1 aliphatic rings. The number of ketones is 2. The minimum atomic E-state index is -0.858. The highest BCUT2D eigenvalue weighted by molar-refractivity contribution is 6.13. The highest BCUT2D eigenvalue weighted by atomic mass is 16.2.